The van der Waals surface area contributed by atoms with Crippen molar-refractivity contribution in [2.24, 2.45) is 0 Å². The summed E-state index contributed by atoms with van der Waals surface area (Å²) in [6, 6.07) is 8.50. The quantitative estimate of drug-likeness (QED) is 0.760. The van der Waals surface area contributed by atoms with E-state index < -0.39 is 0 Å². The van der Waals surface area contributed by atoms with Gasteiger partial charge < -0.3 is 9.15 Å². The molecule has 0 saturated carbocycles. The Hall–Kier alpha value is -2.03. The van der Waals surface area contributed by atoms with E-state index >= 15 is 0 Å². The normalized spacial score (nSPS) is 10.2. The van der Waals surface area contributed by atoms with Gasteiger partial charge in [-0.15, -0.1) is 0 Å². The molecular weight excluding hydrogens is 216 g/mol. The second-order valence-electron chi connectivity index (χ2n) is 4.02. The van der Waals surface area contributed by atoms with E-state index in [2.05, 4.69) is 0 Å². The Morgan fingerprint density at radius 2 is 2.12 bits per heavy atom. The van der Waals surface area contributed by atoms with Crippen molar-refractivity contribution < 1.29 is 9.15 Å². The van der Waals surface area contributed by atoms with Gasteiger partial charge in [0, 0.05) is 0 Å². The number of benzene rings is 1. The number of hydrogen-bond donors (Lipinski definition) is 0. The van der Waals surface area contributed by atoms with Crippen molar-refractivity contribution in [2.45, 2.75) is 13.8 Å². The van der Waals surface area contributed by atoms with Gasteiger partial charge in [-0.2, -0.15) is 0 Å². The third kappa shape index (κ3) is 2.75. The molecule has 3 nitrogen and oxygen atoms in total. The molecule has 0 bridgehead atoms. The largest absolute Gasteiger partial charge is 0.461 e. The van der Waals surface area contributed by atoms with Crippen LogP contribution in [0, 0.1) is 0 Å². The molecule has 2 rings (SSSR count). The first-order chi connectivity index (χ1) is 8.16. The highest BCUT2D eigenvalue weighted by Crippen LogP contribution is 2.16. The zero-order chi connectivity index (χ0) is 12.3. The summed E-state index contributed by atoms with van der Waals surface area (Å²) in [6.07, 6.45) is 1.93. The van der Waals surface area contributed by atoms with Crippen LogP contribution < -0.4 is 10.2 Å². The first kappa shape index (κ1) is 11.5. The first-order valence-corrected chi connectivity index (χ1v) is 5.46. The van der Waals surface area contributed by atoms with E-state index in [1.165, 1.54) is 6.07 Å². The number of allylic oxidation sites excluding steroid dienone is 1. The van der Waals surface area contributed by atoms with Crippen LogP contribution >= 0.6 is 0 Å². The van der Waals surface area contributed by atoms with Gasteiger partial charge in [0.15, 0.2) is 5.43 Å². The summed E-state index contributed by atoms with van der Waals surface area (Å²) in [5, 5.41) is 0.571. The van der Waals surface area contributed by atoms with Crippen LogP contribution in [0.2, 0.25) is 0 Å². The van der Waals surface area contributed by atoms with Crippen molar-refractivity contribution in [3.05, 3.63) is 52.2 Å². The van der Waals surface area contributed by atoms with Crippen molar-refractivity contribution in [3.8, 4) is 5.95 Å². The number of rotatable bonds is 3. The molecule has 0 aliphatic carbocycles. The number of ether oxygens (including phenoxy) is 1. The van der Waals surface area contributed by atoms with Crippen LogP contribution in [-0.4, -0.2) is 6.61 Å². The van der Waals surface area contributed by atoms with Gasteiger partial charge in [0.1, 0.15) is 12.2 Å². The van der Waals surface area contributed by atoms with Crippen molar-refractivity contribution in [1.29, 1.82) is 0 Å². The van der Waals surface area contributed by atoms with Crippen molar-refractivity contribution in [3.63, 3.8) is 0 Å². The topological polar surface area (TPSA) is 39.4 Å². The van der Waals surface area contributed by atoms with Gasteiger partial charge in [0.25, 0.3) is 5.95 Å². The SMILES string of the molecule is CC(C)=CCOc1cc(=O)c2ccccc2o1. The second kappa shape index (κ2) is 4.87. The summed E-state index contributed by atoms with van der Waals surface area (Å²) in [5.41, 5.74) is 1.62. The first-order valence-electron chi connectivity index (χ1n) is 5.46. The van der Waals surface area contributed by atoms with Crippen LogP contribution in [0.1, 0.15) is 13.8 Å². The van der Waals surface area contributed by atoms with Gasteiger partial charge >= 0.3 is 0 Å². The van der Waals surface area contributed by atoms with Crippen molar-refractivity contribution >= 4 is 11.0 Å². The Labute approximate surface area is 99.3 Å². The predicted octanol–water partition coefficient (Wildman–Crippen LogP) is 3.14. The fourth-order valence-electron chi connectivity index (χ4n) is 1.44. The molecule has 0 atom stereocenters. The Balaban J connectivity index is 2.31. The highest BCUT2D eigenvalue weighted by molar-refractivity contribution is 5.76. The Kier molecular flexibility index (Phi) is 3.28. The van der Waals surface area contributed by atoms with Gasteiger partial charge in [-0.3, -0.25) is 4.79 Å². The monoisotopic (exact) mass is 230 g/mol. The summed E-state index contributed by atoms with van der Waals surface area (Å²) in [6.45, 7) is 4.38. The third-order valence-corrected chi connectivity index (χ3v) is 2.33. The standard InChI is InChI=1S/C14H14O3/c1-10(2)7-8-16-14-9-12(15)11-5-3-4-6-13(11)17-14/h3-7,9H,8H2,1-2H3. The summed E-state index contributed by atoms with van der Waals surface area (Å²) in [5.74, 6) is 0.256. The van der Waals surface area contributed by atoms with Crippen LogP contribution in [0.25, 0.3) is 11.0 Å². The van der Waals surface area contributed by atoms with E-state index in [-0.39, 0.29) is 11.4 Å². The molecule has 0 spiro atoms. The molecule has 3 heteroatoms. The maximum Gasteiger partial charge on any atom is 0.289 e. The highest BCUT2D eigenvalue weighted by atomic mass is 16.6. The lowest BCUT2D eigenvalue weighted by atomic mass is 10.2. The minimum Gasteiger partial charge on any atom is -0.461 e. The maximum atomic E-state index is 11.7. The Morgan fingerprint density at radius 1 is 1.35 bits per heavy atom. The molecule has 1 aromatic heterocycles. The fraction of sp³-hybridized carbons (Fsp3) is 0.214. The average Bonchev–Trinajstić information content (AvgIpc) is 2.28. The minimum atomic E-state index is -0.0842. The summed E-state index contributed by atoms with van der Waals surface area (Å²) in [4.78, 5) is 11.7. The summed E-state index contributed by atoms with van der Waals surface area (Å²) in [7, 11) is 0. The summed E-state index contributed by atoms with van der Waals surface area (Å²) >= 11 is 0. The molecule has 88 valence electrons. The molecule has 0 fully saturated rings. The Bertz CT molecular complexity index is 604. The lowest BCUT2D eigenvalue weighted by Gasteiger charge is -2.03. The number of hydrogen-bond acceptors (Lipinski definition) is 3. The van der Waals surface area contributed by atoms with Gasteiger partial charge in [-0.25, -0.2) is 0 Å². The Morgan fingerprint density at radius 3 is 2.88 bits per heavy atom. The molecule has 1 heterocycles. The zero-order valence-electron chi connectivity index (χ0n) is 9.90. The van der Waals surface area contributed by atoms with E-state index in [9.17, 15) is 4.79 Å². The average molecular weight is 230 g/mol. The second-order valence-corrected chi connectivity index (χ2v) is 4.02. The zero-order valence-corrected chi connectivity index (χ0v) is 9.90. The lowest BCUT2D eigenvalue weighted by molar-refractivity contribution is 0.275. The van der Waals surface area contributed by atoms with Crippen molar-refractivity contribution in [2.75, 3.05) is 6.61 Å². The van der Waals surface area contributed by atoms with Gasteiger partial charge in [0.05, 0.1) is 11.5 Å². The molecule has 0 aliphatic heterocycles. The highest BCUT2D eigenvalue weighted by Gasteiger charge is 2.03. The van der Waals surface area contributed by atoms with E-state index in [1.807, 2.05) is 32.1 Å². The molecule has 0 N–H and O–H groups in total. The molecule has 0 aliphatic rings. The molecule has 0 saturated heterocycles. The van der Waals surface area contributed by atoms with Gasteiger partial charge in [-0.05, 0) is 32.1 Å². The summed E-state index contributed by atoms with van der Waals surface area (Å²) < 4.78 is 10.8. The molecule has 2 aromatic rings. The van der Waals surface area contributed by atoms with Crippen LogP contribution in [0.4, 0.5) is 0 Å². The molecule has 17 heavy (non-hydrogen) atoms. The molecular formula is C14H14O3. The van der Waals surface area contributed by atoms with E-state index in [0.717, 1.165) is 5.57 Å². The van der Waals surface area contributed by atoms with Gasteiger partial charge in [0.2, 0.25) is 0 Å². The predicted molar refractivity (Wildman–Crippen MR) is 67.4 cm³/mol. The fourth-order valence-corrected chi connectivity index (χ4v) is 1.44. The number of fused-ring (bicyclic) bond motifs is 1. The van der Waals surface area contributed by atoms with E-state index in [1.54, 1.807) is 12.1 Å². The maximum absolute atomic E-state index is 11.7. The van der Waals surface area contributed by atoms with Crippen LogP contribution in [0.5, 0.6) is 5.95 Å². The minimum absolute atomic E-state index is 0.0842. The van der Waals surface area contributed by atoms with Crippen LogP contribution in [0.15, 0.2) is 51.2 Å². The van der Waals surface area contributed by atoms with Crippen molar-refractivity contribution in [1.82, 2.24) is 0 Å². The molecule has 1 aromatic carbocycles. The molecule has 0 unspecified atom stereocenters. The number of para-hydroxylation sites is 1. The van der Waals surface area contributed by atoms with E-state index in [0.29, 0.717) is 17.6 Å². The lowest BCUT2D eigenvalue weighted by Crippen LogP contribution is -2.02. The van der Waals surface area contributed by atoms with Crippen LogP contribution in [0.3, 0.4) is 0 Å². The molecule has 0 radical (unpaired) electrons. The van der Waals surface area contributed by atoms with Gasteiger partial charge in [-0.1, -0.05) is 17.7 Å². The molecule has 0 amide bonds. The smallest absolute Gasteiger partial charge is 0.289 e. The third-order valence-electron chi connectivity index (χ3n) is 2.33. The van der Waals surface area contributed by atoms with E-state index in [4.69, 9.17) is 9.15 Å². The van der Waals surface area contributed by atoms with Crippen LogP contribution in [-0.2, 0) is 0 Å².